The molecule has 0 saturated heterocycles. The number of halogens is 3. The number of ketones is 1. The van der Waals surface area contributed by atoms with E-state index in [2.05, 4.69) is 4.98 Å². The number of aromatic nitrogens is 1. The van der Waals surface area contributed by atoms with Crippen molar-refractivity contribution in [2.75, 3.05) is 0 Å². The molecule has 0 atom stereocenters. The summed E-state index contributed by atoms with van der Waals surface area (Å²) in [6, 6.07) is 0.811. The summed E-state index contributed by atoms with van der Waals surface area (Å²) < 4.78 is 38.4. The molecule has 1 aliphatic rings. The molecule has 1 aromatic heterocycles. The molecular weight excluding hydrogens is 245 g/mol. The molecular formula is C12H13F3N2O. The van der Waals surface area contributed by atoms with E-state index in [4.69, 9.17) is 5.73 Å². The lowest BCUT2D eigenvalue weighted by Crippen LogP contribution is -2.45. The van der Waals surface area contributed by atoms with E-state index in [0.717, 1.165) is 31.3 Å². The topological polar surface area (TPSA) is 56.0 Å². The fourth-order valence-corrected chi connectivity index (χ4v) is 2.32. The van der Waals surface area contributed by atoms with Crippen molar-refractivity contribution in [1.29, 1.82) is 0 Å². The maximum Gasteiger partial charge on any atom is 0.417 e. The molecule has 1 fully saturated rings. The molecule has 18 heavy (non-hydrogen) atoms. The van der Waals surface area contributed by atoms with Crippen LogP contribution in [0.3, 0.4) is 0 Å². The molecule has 0 unspecified atom stereocenters. The Labute approximate surface area is 102 Å². The second-order valence-electron chi connectivity index (χ2n) is 4.61. The third-order valence-corrected chi connectivity index (χ3v) is 3.32. The molecule has 98 valence electrons. The van der Waals surface area contributed by atoms with Crippen LogP contribution < -0.4 is 5.73 Å². The fourth-order valence-electron chi connectivity index (χ4n) is 2.32. The van der Waals surface area contributed by atoms with Gasteiger partial charge in [-0.05, 0) is 18.9 Å². The molecule has 0 bridgehead atoms. The van der Waals surface area contributed by atoms with Crippen LogP contribution in [0.25, 0.3) is 0 Å². The number of hydrogen-bond acceptors (Lipinski definition) is 3. The highest BCUT2D eigenvalue weighted by atomic mass is 19.4. The average molecular weight is 258 g/mol. The zero-order chi connectivity index (χ0) is 13.4. The summed E-state index contributed by atoms with van der Waals surface area (Å²) in [5.41, 5.74) is 3.36. The number of rotatable bonds is 2. The Bertz CT molecular complexity index is 465. The van der Waals surface area contributed by atoms with Gasteiger partial charge < -0.3 is 5.73 Å². The van der Waals surface area contributed by atoms with Crippen molar-refractivity contribution in [1.82, 2.24) is 4.98 Å². The van der Waals surface area contributed by atoms with Crippen LogP contribution in [0.4, 0.5) is 13.2 Å². The van der Waals surface area contributed by atoms with Crippen molar-refractivity contribution < 1.29 is 18.0 Å². The Kier molecular flexibility index (Phi) is 3.14. The molecule has 1 aliphatic carbocycles. The van der Waals surface area contributed by atoms with Crippen LogP contribution in [-0.4, -0.2) is 16.3 Å². The summed E-state index contributed by atoms with van der Waals surface area (Å²) in [6.45, 7) is 0. The second kappa shape index (κ2) is 4.35. The first kappa shape index (κ1) is 13.0. The van der Waals surface area contributed by atoms with Gasteiger partial charge in [-0.1, -0.05) is 12.8 Å². The van der Waals surface area contributed by atoms with Crippen molar-refractivity contribution in [3.8, 4) is 0 Å². The van der Waals surface area contributed by atoms with E-state index in [1.54, 1.807) is 0 Å². The van der Waals surface area contributed by atoms with Crippen LogP contribution in [0.15, 0.2) is 18.5 Å². The van der Waals surface area contributed by atoms with Crippen molar-refractivity contribution >= 4 is 5.78 Å². The van der Waals surface area contributed by atoms with Gasteiger partial charge in [-0.2, -0.15) is 13.2 Å². The van der Waals surface area contributed by atoms with Crippen LogP contribution in [0.1, 0.15) is 41.6 Å². The molecule has 6 heteroatoms. The first-order chi connectivity index (χ1) is 8.34. The standard InChI is InChI=1S/C12H13F3N2O/c13-12(14,15)9-3-6-17-7-8(9)10(18)11(16)4-1-2-5-11/h3,6-7H,1-2,4-5,16H2. The zero-order valence-electron chi connectivity index (χ0n) is 9.63. The van der Waals surface area contributed by atoms with Crippen molar-refractivity contribution in [2.45, 2.75) is 37.4 Å². The molecule has 2 rings (SSSR count). The monoisotopic (exact) mass is 258 g/mol. The molecule has 0 amide bonds. The number of carbonyl (C=O) groups excluding carboxylic acids is 1. The van der Waals surface area contributed by atoms with Gasteiger partial charge in [0.2, 0.25) is 0 Å². The Morgan fingerprint density at radius 1 is 1.33 bits per heavy atom. The summed E-state index contributed by atoms with van der Waals surface area (Å²) >= 11 is 0. The summed E-state index contributed by atoms with van der Waals surface area (Å²) in [4.78, 5) is 15.8. The van der Waals surface area contributed by atoms with E-state index < -0.39 is 28.6 Å². The van der Waals surface area contributed by atoms with Gasteiger partial charge in [0.1, 0.15) is 0 Å². The number of hydrogen-bond donors (Lipinski definition) is 1. The minimum absolute atomic E-state index is 0.422. The predicted molar refractivity (Wildman–Crippen MR) is 59.0 cm³/mol. The van der Waals surface area contributed by atoms with Crippen molar-refractivity contribution in [3.05, 3.63) is 29.6 Å². The summed E-state index contributed by atoms with van der Waals surface area (Å²) in [5, 5.41) is 0. The normalized spacial score (nSPS) is 18.9. The van der Waals surface area contributed by atoms with Gasteiger partial charge in [0.05, 0.1) is 16.7 Å². The Morgan fingerprint density at radius 2 is 1.94 bits per heavy atom. The first-order valence-corrected chi connectivity index (χ1v) is 5.69. The van der Waals surface area contributed by atoms with E-state index in [0.29, 0.717) is 12.8 Å². The van der Waals surface area contributed by atoms with Gasteiger partial charge >= 0.3 is 6.18 Å². The van der Waals surface area contributed by atoms with E-state index >= 15 is 0 Å². The highest BCUT2D eigenvalue weighted by Gasteiger charge is 2.42. The largest absolute Gasteiger partial charge is 0.417 e. The maximum absolute atomic E-state index is 12.8. The molecule has 1 saturated carbocycles. The maximum atomic E-state index is 12.8. The average Bonchev–Trinajstić information content (AvgIpc) is 2.75. The Hall–Kier alpha value is -1.43. The van der Waals surface area contributed by atoms with E-state index in [9.17, 15) is 18.0 Å². The van der Waals surface area contributed by atoms with Crippen LogP contribution in [-0.2, 0) is 6.18 Å². The number of pyridine rings is 1. The molecule has 1 aromatic rings. The van der Waals surface area contributed by atoms with E-state index in [-0.39, 0.29) is 0 Å². The second-order valence-corrected chi connectivity index (χ2v) is 4.61. The lowest BCUT2D eigenvalue weighted by atomic mass is 9.87. The van der Waals surface area contributed by atoms with Gasteiger partial charge in [0.15, 0.2) is 5.78 Å². The Balaban J connectivity index is 2.42. The number of nitrogens with zero attached hydrogens (tertiary/aromatic N) is 1. The molecule has 2 N–H and O–H groups in total. The smallest absolute Gasteiger partial charge is 0.319 e. The van der Waals surface area contributed by atoms with Gasteiger partial charge in [0.25, 0.3) is 0 Å². The SMILES string of the molecule is NC1(C(=O)c2cnccc2C(F)(F)F)CCCC1. The predicted octanol–water partition coefficient (Wildman–Crippen LogP) is 2.55. The fraction of sp³-hybridized carbons (Fsp3) is 0.500. The number of Topliss-reactive ketones (excluding diaryl/α,β-unsaturated/α-hetero) is 1. The highest BCUT2D eigenvalue weighted by molar-refractivity contribution is 6.04. The van der Waals surface area contributed by atoms with E-state index in [1.807, 2.05) is 0 Å². The first-order valence-electron chi connectivity index (χ1n) is 5.69. The minimum atomic E-state index is -4.57. The number of nitrogens with two attached hydrogens (primary N) is 1. The summed E-state index contributed by atoms with van der Waals surface area (Å²) in [5.74, 6) is -0.652. The van der Waals surface area contributed by atoms with Crippen LogP contribution >= 0.6 is 0 Å². The van der Waals surface area contributed by atoms with E-state index in [1.165, 1.54) is 0 Å². The van der Waals surface area contributed by atoms with Gasteiger partial charge in [-0.25, -0.2) is 0 Å². The molecule has 1 heterocycles. The molecule has 0 spiro atoms. The zero-order valence-corrected chi connectivity index (χ0v) is 9.63. The highest BCUT2D eigenvalue weighted by Crippen LogP contribution is 2.36. The summed E-state index contributed by atoms with van der Waals surface area (Å²) in [6.07, 6.45) is -0.192. The van der Waals surface area contributed by atoms with Crippen LogP contribution in [0, 0.1) is 0 Å². The van der Waals surface area contributed by atoms with Gasteiger partial charge in [-0.15, -0.1) is 0 Å². The van der Waals surface area contributed by atoms with Crippen LogP contribution in [0.5, 0.6) is 0 Å². The molecule has 3 nitrogen and oxygen atoms in total. The van der Waals surface area contributed by atoms with Crippen molar-refractivity contribution in [3.63, 3.8) is 0 Å². The number of carbonyl (C=O) groups is 1. The molecule has 0 aliphatic heterocycles. The third-order valence-electron chi connectivity index (χ3n) is 3.32. The Morgan fingerprint density at radius 3 is 2.50 bits per heavy atom. The summed E-state index contributed by atoms with van der Waals surface area (Å²) in [7, 11) is 0. The minimum Gasteiger partial charge on any atom is -0.319 e. The van der Waals surface area contributed by atoms with Crippen LogP contribution in [0.2, 0.25) is 0 Å². The van der Waals surface area contributed by atoms with Gasteiger partial charge in [0, 0.05) is 12.4 Å². The van der Waals surface area contributed by atoms with Gasteiger partial charge in [-0.3, -0.25) is 9.78 Å². The molecule has 0 radical (unpaired) electrons. The lowest BCUT2D eigenvalue weighted by Gasteiger charge is -2.23. The molecule has 0 aromatic carbocycles. The quantitative estimate of drug-likeness (QED) is 0.829. The third kappa shape index (κ3) is 2.25. The number of alkyl halides is 3. The lowest BCUT2D eigenvalue weighted by molar-refractivity contribution is -0.138. The van der Waals surface area contributed by atoms with Crippen molar-refractivity contribution in [2.24, 2.45) is 5.73 Å².